The molecule has 0 aliphatic heterocycles. The Balaban J connectivity index is 2.34. The Hall–Kier alpha value is -6.95. The summed E-state index contributed by atoms with van der Waals surface area (Å²) in [4.78, 5) is 0. The van der Waals surface area contributed by atoms with Gasteiger partial charge in [-0.1, -0.05) is 0 Å². The van der Waals surface area contributed by atoms with Crippen molar-refractivity contribution in [3.8, 4) is 36.4 Å². The van der Waals surface area contributed by atoms with E-state index in [0.717, 1.165) is 36.4 Å². The molecule has 0 radical (unpaired) electrons. The van der Waals surface area contributed by atoms with Crippen LogP contribution in [0.15, 0.2) is 22.8 Å². The van der Waals surface area contributed by atoms with E-state index in [0.29, 0.717) is 0 Å². The number of benzene rings is 3. The third-order valence-corrected chi connectivity index (χ3v) is 6.56. The molecule has 0 bridgehead atoms. The number of nitriles is 6. The van der Waals surface area contributed by atoms with Gasteiger partial charge < -0.3 is 0 Å². The lowest BCUT2D eigenvalue weighted by Crippen LogP contribution is -2.06. The maximum atomic E-state index is 15.0. The normalized spacial score (nSPS) is 14.9. The number of hydrogen-bond donors (Lipinski definition) is 0. The molecule has 228 valence electrons. The summed E-state index contributed by atoms with van der Waals surface area (Å²) in [5, 5.41) is 56.0. The highest BCUT2D eigenvalue weighted by Crippen LogP contribution is 2.57. The van der Waals surface area contributed by atoms with Crippen LogP contribution in [0.4, 0.5) is 48.3 Å². The summed E-state index contributed by atoms with van der Waals surface area (Å²) in [6.07, 6.45) is 0. The van der Waals surface area contributed by atoms with Gasteiger partial charge in [0.15, 0.2) is 58.2 Å². The van der Waals surface area contributed by atoms with Crippen molar-refractivity contribution >= 4 is 16.7 Å². The van der Waals surface area contributed by atoms with Crippen molar-refractivity contribution in [3.05, 3.63) is 120 Å². The summed E-state index contributed by atoms with van der Waals surface area (Å²) in [6, 6.07) is 5.80. The predicted octanol–water partition coefficient (Wildman–Crippen LogP) is 7.08. The van der Waals surface area contributed by atoms with E-state index < -0.39 is 131 Å². The molecule has 1 fully saturated rings. The van der Waals surface area contributed by atoms with Crippen molar-refractivity contribution in [2.75, 3.05) is 0 Å². The molecule has 1 aliphatic rings. The molecule has 0 amide bonds. The van der Waals surface area contributed by atoms with E-state index in [1.54, 1.807) is 0 Å². The first kappa shape index (κ1) is 33.0. The van der Waals surface area contributed by atoms with Crippen molar-refractivity contribution in [1.82, 2.24) is 0 Å². The van der Waals surface area contributed by atoms with Gasteiger partial charge in [0.1, 0.15) is 58.9 Å². The van der Waals surface area contributed by atoms with Gasteiger partial charge in [-0.25, -0.2) is 48.3 Å². The Bertz CT molecular complexity index is 2210. The van der Waals surface area contributed by atoms with Crippen molar-refractivity contribution in [2.24, 2.45) is 0 Å². The summed E-state index contributed by atoms with van der Waals surface area (Å²) in [7, 11) is 0. The van der Waals surface area contributed by atoms with Crippen molar-refractivity contribution < 1.29 is 48.3 Å². The molecule has 4 rings (SSSR count). The number of halogens is 11. The number of allylic oxidation sites excluding steroid dienone is 6. The van der Waals surface area contributed by atoms with Crippen molar-refractivity contribution in [3.63, 3.8) is 0 Å². The molecule has 47 heavy (non-hydrogen) atoms. The molecule has 1 aliphatic carbocycles. The smallest absolute Gasteiger partial charge is 0.180 e. The highest BCUT2D eigenvalue weighted by molar-refractivity contribution is 6.12. The number of nitrogens with zero attached hydrogens (tertiary/aromatic N) is 6. The van der Waals surface area contributed by atoms with Gasteiger partial charge >= 0.3 is 0 Å². The van der Waals surface area contributed by atoms with Crippen LogP contribution < -0.4 is 0 Å². The zero-order chi connectivity index (χ0) is 35.2. The first-order valence-corrected chi connectivity index (χ1v) is 11.7. The molecule has 0 atom stereocenters. The molecular formula is C30HF11N6. The van der Waals surface area contributed by atoms with E-state index in [2.05, 4.69) is 0 Å². The Labute approximate surface area is 253 Å². The van der Waals surface area contributed by atoms with Crippen LogP contribution in [0.1, 0.15) is 33.4 Å². The Kier molecular flexibility index (Phi) is 8.31. The van der Waals surface area contributed by atoms with Crippen LogP contribution in [-0.2, 0) is 0 Å². The van der Waals surface area contributed by atoms with E-state index in [-0.39, 0.29) is 6.07 Å². The predicted molar refractivity (Wildman–Crippen MR) is 131 cm³/mol. The van der Waals surface area contributed by atoms with Crippen LogP contribution in [0.2, 0.25) is 0 Å². The SMILES string of the molecule is N#CC(=C1C(=C(\C#N)c2cc(F)c(C#N)c(F)c2F)/C1=C(\C#N)c1c(F)c(F)c(C#N)c(F)c1F)c1c(F)c(F)c(C#N)c(F)c1F. The highest BCUT2D eigenvalue weighted by atomic mass is 19.2. The molecule has 0 N–H and O–H groups in total. The third-order valence-electron chi connectivity index (χ3n) is 6.56. The lowest BCUT2D eigenvalue weighted by atomic mass is 9.99. The molecule has 1 saturated carbocycles. The zero-order valence-electron chi connectivity index (χ0n) is 21.9. The van der Waals surface area contributed by atoms with Crippen LogP contribution >= 0.6 is 0 Å². The zero-order valence-corrected chi connectivity index (χ0v) is 21.9. The molecule has 3 aromatic carbocycles. The fourth-order valence-corrected chi connectivity index (χ4v) is 4.44. The van der Waals surface area contributed by atoms with Gasteiger partial charge in [0.05, 0.1) is 27.8 Å². The topological polar surface area (TPSA) is 143 Å². The quantitative estimate of drug-likeness (QED) is 0.168. The van der Waals surface area contributed by atoms with E-state index in [9.17, 15) is 42.1 Å². The lowest BCUT2D eigenvalue weighted by molar-refractivity contribution is 0.446. The van der Waals surface area contributed by atoms with Crippen molar-refractivity contribution in [1.29, 1.82) is 31.6 Å². The summed E-state index contributed by atoms with van der Waals surface area (Å²) in [5.74, 6) is -25.6. The first-order chi connectivity index (χ1) is 22.2. The molecule has 6 nitrogen and oxygen atoms in total. The fourth-order valence-electron chi connectivity index (χ4n) is 4.44. The standard InChI is InChI=1S/C30HF11N6/c31-15-1-8(21(32)22(33)10(15)3-43)9(2-42)16-17(11(4-44)19-27(38)23(34)13(6-46)24(35)28(19)39)18(16)12(5-45)20-29(40)25(36)14(7-47)26(37)30(20)41/h1H/b16-9-,17-11?,18-12-. The molecule has 0 spiro atoms. The van der Waals surface area contributed by atoms with E-state index in [1.807, 2.05) is 0 Å². The second-order valence-electron chi connectivity index (χ2n) is 8.84. The van der Waals surface area contributed by atoms with E-state index >= 15 is 22.0 Å². The number of hydrogen-bond acceptors (Lipinski definition) is 6. The van der Waals surface area contributed by atoms with Crippen LogP contribution in [0.25, 0.3) is 16.7 Å². The largest absolute Gasteiger partial charge is 0.205 e. The fraction of sp³-hybridized carbons (Fsp3) is 0. The van der Waals surface area contributed by atoms with Crippen LogP contribution in [0, 0.1) is 132 Å². The van der Waals surface area contributed by atoms with Gasteiger partial charge in [-0.15, -0.1) is 0 Å². The van der Waals surface area contributed by atoms with Crippen LogP contribution in [0.5, 0.6) is 0 Å². The second kappa shape index (κ2) is 11.9. The van der Waals surface area contributed by atoms with E-state index in [1.165, 1.54) is 0 Å². The molecule has 0 unspecified atom stereocenters. The van der Waals surface area contributed by atoms with E-state index in [4.69, 9.17) is 15.8 Å². The minimum Gasteiger partial charge on any atom is -0.205 e. The van der Waals surface area contributed by atoms with Crippen molar-refractivity contribution in [2.45, 2.75) is 0 Å². The van der Waals surface area contributed by atoms with Gasteiger partial charge in [-0.3, -0.25) is 0 Å². The van der Waals surface area contributed by atoms with Gasteiger partial charge in [0, 0.05) is 22.3 Å². The number of rotatable bonds is 3. The average molecular weight is 654 g/mol. The molecule has 0 saturated heterocycles. The Morgan fingerprint density at radius 1 is 0.383 bits per heavy atom. The summed E-state index contributed by atoms with van der Waals surface area (Å²) >= 11 is 0. The maximum absolute atomic E-state index is 15.0. The van der Waals surface area contributed by atoms with Gasteiger partial charge in [0.2, 0.25) is 0 Å². The monoisotopic (exact) mass is 654 g/mol. The third kappa shape index (κ3) is 4.68. The molecule has 17 heteroatoms. The van der Waals surface area contributed by atoms with Crippen LogP contribution in [-0.4, -0.2) is 0 Å². The van der Waals surface area contributed by atoms with Crippen LogP contribution in [0.3, 0.4) is 0 Å². The second-order valence-corrected chi connectivity index (χ2v) is 8.84. The first-order valence-electron chi connectivity index (χ1n) is 11.7. The summed E-state index contributed by atoms with van der Waals surface area (Å²) in [5.41, 5.74) is -19.0. The summed E-state index contributed by atoms with van der Waals surface area (Å²) < 4.78 is 162. The minimum absolute atomic E-state index is 0.0125. The lowest BCUT2D eigenvalue weighted by Gasteiger charge is -2.08. The maximum Gasteiger partial charge on any atom is 0.180 e. The Morgan fingerprint density at radius 3 is 0.979 bits per heavy atom. The van der Waals surface area contributed by atoms with Gasteiger partial charge in [0.25, 0.3) is 0 Å². The average Bonchev–Trinajstić information content (AvgIpc) is 3.76. The summed E-state index contributed by atoms with van der Waals surface area (Å²) in [6.45, 7) is 0. The Morgan fingerprint density at radius 2 is 0.681 bits per heavy atom. The molecule has 0 aromatic heterocycles. The molecular weight excluding hydrogens is 653 g/mol. The molecule has 0 heterocycles. The van der Waals surface area contributed by atoms with Gasteiger partial charge in [-0.05, 0) is 6.07 Å². The minimum atomic E-state index is -2.46. The molecule has 3 aromatic rings. The van der Waals surface area contributed by atoms with Gasteiger partial charge in [-0.2, -0.15) is 31.6 Å². The highest BCUT2D eigenvalue weighted by Gasteiger charge is 2.45.